The van der Waals surface area contributed by atoms with Crippen LogP contribution in [0.5, 0.6) is 0 Å². The summed E-state index contributed by atoms with van der Waals surface area (Å²) >= 11 is 0. The number of alkyl halides is 8. The molecule has 20 heavy (non-hydrogen) atoms. The summed E-state index contributed by atoms with van der Waals surface area (Å²) in [5.74, 6) is -24.6. The van der Waals surface area contributed by atoms with Gasteiger partial charge in [-0.15, -0.1) is 0 Å². The maximum atomic E-state index is 12.9. The van der Waals surface area contributed by atoms with Crippen LogP contribution in [0, 0.1) is 23.0 Å². The summed E-state index contributed by atoms with van der Waals surface area (Å²) in [6.45, 7) is -5.05. The zero-order chi connectivity index (χ0) is 16.2. The smallest absolute Gasteiger partial charge is 0.381 e. The third-order valence-corrected chi connectivity index (χ3v) is 1.95. The van der Waals surface area contributed by atoms with Gasteiger partial charge in [0.1, 0.15) is 0 Å². The molecule has 0 N–H and O–H groups in total. The van der Waals surface area contributed by atoms with Gasteiger partial charge in [-0.2, -0.15) is 45.6 Å². The molecule has 0 aromatic heterocycles. The van der Waals surface area contributed by atoms with Crippen LogP contribution in [0.25, 0.3) is 0 Å². The molecular weight excluding hydrogens is 308 g/mol. The predicted octanol–water partition coefficient (Wildman–Crippen LogP) is 2.52. The van der Waals surface area contributed by atoms with E-state index in [2.05, 4.69) is 9.47 Å². The summed E-state index contributed by atoms with van der Waals surface area (Å²) in [4.78, 5) is 0. The Kier molecular flexibility index (Phi) is 5.01. The molecule has 0 aromatic rings. The fourth-order valence-corrected chi connectivity index (χ4v) is 0.886. The van der Waals surface area contributed by atoms with Crippen molar-refractivity contribution in [3.8, 4) is 12.5 Å². The first-order chi connectivity index (χ1) is 8.87. The largest absolute Gasteiger partial charge is 0.421 e. The van der Waals surface area contributed by atoms with Gasteiger partial charge in [0.05, 0.1) is 0 Å². The standard InChI is InChI=1S/C8H4F8N2O2/c9-5(10,1-19-3-17)7(13,14)8(15,16)6(11,12)2-20-4-18/h1-2H2. The molecule has 114 valence electrons. The van der Waals surface area contributed by atoms with Gasteiger partial charge in [0.15, 0.2) is 13.2 Å². The Labute approximate surface area is 106 Å². The average Bonchev–Trinajstić information content (AvgIpc) is 2.33. The predicted molar refractivity (Wildman–Crippen MR) is 42.9 cm³/mol. The van der Waals surface area contributed by atoms with Gasteiger partial charge in [-0.1, -0.05) is 0 Å². The summed E-state index contributed by atoms with van der Waals surface area (Å²) in [5, 5.41) is 15.5. The van der Waals surface area contributed by atoms with Gasteiger partial charge in [0.2, 0.25) is 0 Å². The highest BCUT2D eigenvalue weighted by Gasteiger charge is 2.81. The molecule has 0 fully saturated rings. The Hall–Kier alpha value is -1.98. The molecule has 0 saturated carbocycles. The minimum Gasteiger partial charge on any atom is -0.421 e. The van der Waals surface area contributed by atoms with Gasteiger partial charge in [0.25, 0.3) is 12.5 Å². The second kappa shape index (κ2) is 5.56. The lowest BCUT2D eigenvalue weighted by Gasteiger charge is -2.35. The maximum Gasteiger partial charge on any atom is 0.381 e. The van der Waals surface area contributed by atoms with Gasteiger partial charge in [-0.25, -0.2) is 0 Å². The molecule has 0 heterocycles. The fourth-order valence-electron chi connectivity index (χ4n) is 0.886. The first-order valence-corrected chi connectivity index (χ1v) is 4.40. The van der Waals surface area contributed by atoms with E-state index in [9.17, 15) is 35.1 Å². The molecule has 12 heteroatoms. The summed E-state index contributed by atoms with van der Waals surface area (Å²) < 4.78 is 109. The number of nitrogens with zero attached hydrogens (tertiary/aromatic N) is 2. The zero-order valence-electron chi connectivity index (χ0n) is 9.15. The summed E-state index contributed by atoms with van der Waals surface area (Å²) in [5.41, 5.74) is 0. The maximum absolute atomic E-state index is 12.9. The molecule has 0 aromatic carbocycles. The van der Waals surface area contributed by atoms with E-state index in [0.29, 0.717) is 12.5 Å². The van der Waals surface area contributed by atoms with Crippen LogP contribution in [0.4, 0.5) is 35.1 Å². The number of hydrogen-bond acceptors (Lipinski definition) is 4. The molecule has 0 bridgehead atoms. The molecule has 4 nitrogen and oxygen atoms in total. The van der Waals surface area contributed by atoms with E-state index in [0.717, 1.165) is 0 Å². The second-order valence-electron chi connectivity index (χ2n) is 3.32. The van der Waals surface area contributed by atoms with Crippen LogP contribution in [0.1, 0.15) is 0 Å². The van der Waals surface area contributed by atoms with Crippen LogP contribution in [0.2, 0.25) is 0 Å². The van der Waals surface area contributed by atoms with Crippen LogP contribution < -0.4 is 0 Å². The van der Waals surface area contributed by atoms with Crippen molar-refractivity contribution in [2.24, 2.45) is 0 Å². The average molecular weight is 312 g/mol. The van der Waals surface area contributed by atoms with Crippen molar-refractivity contribution in [2.45, 2.75) is 23.7 Å². The third kappa shape index (κ3) is 2.95. The van der Waals surface area contributed by atoms with Crippen molar-refractivity contribution >= 4 is 0 Å². The van der Waals surface area contributed by atoms with E-state index in [-0.39, 0.29) is 0 Å². The van der Waals surface area contributed by atoms with Crippen LogP contribution in [-0.4, -0.2) is 36.9 Å². The van der Waals surface area contributed by atoms with Crippen molar-refractivity contribution in [1.82, 2.24) is 0 Å². The topological polar surface area (TPSA) is 66.0 Å². The van der Waals surface area contributed by atoms with Gasteiger partial charge in [-0.3, -0.25) is 0 Å². The highest BCUT2D eigenvalue weighted by Crippen LogP contribution is 2.52. The van der Waals surface area contributed by atoms with E-state index in [1.165, 1.54) is 0 Å². The first kappa shape index (κ1) is 18.0. The quantitative estimate of drug-likeness (QED) is 0.535. The van der Waals surface area contributed by atoms with Crippen molar-refractivity contribution in [3.05, 3.63) is 0 Å². The summed E-state index contributed by atoms with van der Waals surface area (Å²) in [7, 11) is 0. The zero-order valence-corrected chi connectivity index (χ0v) is 9.15. The highest BCUT2D eigenvalue weighted by atomic mass is 19.4. The van der Waals surface area contributed by atoms with E-state index >= 15 is 0 Å². The van der Waals surface area contributed by atoms with Gasteiger partial charge in [-0.05, 0) is 0 Å². The molecule has 0 aliphatic carbocycles. The first-order valence-electron chi connectivity index (χ1n) is 4.40. The molecule has 0 radical (unpaired) electrons. The van der Waals surface area contributed by atoms with Gasteiger partial charge >= 0.3 is 23.7 Å². The third-order valence-electron chi connectivity index (χ3n) is 1.95. The van der Waals surface area contributed by atoms with Crippen LogP contribution >= 0.6 is 0 Å². The molecule has 0 rings (SSSR count). The molecular formula is C8H4F8N2O2. The number of halogens is 8. The van der Waals surface area contributed by atoms with Gasteiger partial charge < -0.3 is 9.47 Å². The summed E-state index contributed by atoms with van der Waals surface area (Å²) in [6, 6.07) is 0. The van der Waals surface area contributed by atoms with E-state index in [1.807, 2.05) is 0 Å². The monoisotopic (exact) mass is 312 g/mol. The van der Waals surface area contributed by atoms with Crippen molar-refractivity contribution in [1.29, 1.82) is 10.5 Å². The lowest BCUT2D eigenvalue weighted by Crippen LogP contribution is -2.64. The summed E-state index contributed by atoms with van der Waals surface area (Å²) in [6.07, 6.45) is 1.01. The Morgan fingerprint density at radius 3 is 1.10 bits per heavy atom. The normalized spacial score (nSPS) is 13.3. The van der Waals surface area contributed by atoms with Crippen LogP contribution in [0.15, 0.2) is 0 Å². The van der Waals surface area contributed by atoms with Crippen molar-refractivity contribution < 1.29 is 44.6 Å². The molecule has 0 amide bonds. The van der Waals surface area contributed by atoms with Gasteiger partial charge in [0, 0.05) is 0 Å². The molecule has 0 unspecified atom stereocenters. The molecule has 0 atom stereocenters. The van der Waals surface area contributed by atoms with E-state index in [4.69, 9.17) is 10.5 Å². The van der Waals surface area contributed by atoms with E-state index < -0.39 is 36.9 Å². The lowest BCUT2D eigenvalue weighted by molar-refractivity contribution is -0.373. The Balaban J connectivity index is 5.45. The number of hydrogen-bond donors (Lipinski definition) is 0. The number of rotatable bonds is 7. The molecule has 0 spiro atoms. The van der Waals surface area contributed by atoms with E-state index in [1.54, 1.807) is 0 Å². The SMILES string of the molecule is N#COCC(F)(F)C(F)(F)C(F)(F)C(F)(F)COC#N. The minimum atomic E-state index is -6.56. The fraction of sp³-hybridized carbons (Fsp3) is 0.750. The number of nitriles is 2. The Bertz CT molecular complexity index is 385. The van der Waals surface area contributed by atoms with Crippen LogP contribution in [-0.2, 0) is 9.47 Å². The van der Waals surface area contributed by atoms with Crippen molar-refractivity contribution in [3.63, 3.8) is 0 Å². The molecule has 0 aliphatic heterocycles. The van der Waals surface area contributed by atoms with Crippen molar-refractivity contribution in [2.75, 3.05) is 13.2 Å². The molecule has 0 aliphatic rings. The highest BCUT2D eigenvalue weighted by molar-refractivity contribution is 5.04. The van der Waals surface area contributed by atoms with Crippen LogP contribution in [0.3, 0.4) is 0 Å². The lowest BCUT2D eigenvalue weighted by atomic mass is 9.99. The second-order valence-corrected chi connectivity index (χ2v) is 3.32. The molecule has 0 saturated heterocycles. The number of ether oxygens (including phenoxy) is 2. The Morgan fingerprint density at radius 2 is 0.900 bits per heavy atom. The Morgan fingerprint density at radius 1 is 0.650 bits per heavy atom. The minimum absolute atomic E-state index is 0.507.